The molecule has 0 amide bonds. The zero-order valence-corrected chi connectivity index (χ0v) is 15.2. The normalized spacial score (nSPS) is 12.4. The molecule has 0 spiro atoms. The number of hydrogen-bond donors (Lipinski definition) is 1. The van der Waals surface area contributed by atoms with Crippen molar-refractivity contribution < 1.29 is 14.3 Å². The van der Waals surface area contributed by atoms with Crippen molar-refractivity contribution in [1.29, 1.82) is 0 Å². The lowest BCUT2D eigenvalue weighted by atomic mass is 10.1. The van der Waals surface area contributed by atoms with E-state index in [4.69, 9.17) is 15.2 Å². The molecule has 136 valence electrons. The van der Waals surface area contributed by atoms with Crippen LogP contribution in [0.25, 0.3) is 16.7 Å². The second-order valence-corrected chi connectivity index (χ2v) is 5.63. The number of esters is 1. The van der Waals surface area contributed by atoms with Gasteiger partial charge in [0.2, 0.25) is 0 Å². The minimum atomic E-state index is -0.263. The number of nitrogens with two attached hydrogens (primary N) is 1. The number of fused-ring (bicyclic) bond motifs is 3. The summed E-state index contributed by atoms with van der Waals surface area (Å²) in [5, 5.41) is 0. The van der Waals surface area contributed by atoms with Crippen molar-refractivity contribution in [2.45, 2.75) is 33.5 Å². The van der Waals surface area contributed by atoms with E-state index >= 15 is 0 Å². The van der Waals surface area contributed by atoms with E-state index in [1.807, 2.05) is 42.7 Å². The number of benzene rings is 1. The summed E-state index contributed by atoms with van der Waals surface area (Å²) in [7, 11) is 1.38. The zero-order valence-electron chi connectivity index (χ0n) is 15.2. The van der Waals surface area contributed by atoms with Crippen LogP contribution in [-0.2, 0) is 33.9 Å². The quantitative estimate of drug-likeness (QED) is 0.727. The average Bonchev–Trinajstić information content (AvgIpc) is 3.26. The van der Waals surface area contributed by atoms with Crippen molar-refractivity contribution in [3.8, 4) is 5.69 Å². The molecule has 0 aliphatic carbocycles. The summed E-state index contributed by atoms with van der Waals surface area (Å²) >= 11 is 0. The van der Waals surface area contributed by atoms with Gasteiger partial charge in [-0.25, -0.2) is 9.97 Å². The van der Waals surface area contributed by atoms with Gasteiger partial charge in [0.1, 0.15) is 17.4 Å². The summed E-state index contributed by atoms with van der Waals surface area (Å²) in [6, 6.07) is 7.70. The van der Waals surface area contributed by atoms with Crippen LogP contribution in [0.4, 0.5) is 5.82 Å². The number of methoxy groups -OCH3 is 1. The Morgan fingerprint density at radius 3 is 2.65 bits per heavy atom. The molecule has 3 aromatic rings. The first-order valence-electron chi connectivity index (χ1n) is 8.55. The highest BCUT2D eigenvalue weighted by atomic mass is 16.5. The Bertz CT molecular complexity index is 932. The van der Waals surface area contributed by atoms with Gasteiger partial charge >= 0.3 is 5.97 Å². The Kier molecular flexibility index (Phi) is 5.18. The van der Waals surface area contributed by atoms with Crippen molar-refractivity contribution in [2.24, 2.45) is 0 Å². The number of rotatable bonds is 3. The summed E-state index contributed by atoms with van der Waals surface area (Å²) < 4.78 is 12.3. The summed E-state index contributed by atoms with van der Waals surface area (Å²) in [6.45, 7) is 5.03. The van der Waals surface area contributed by atoms with Crippen LogP contribution in [0, 0.1) is 0 Å². The molecule has 0 bridgehead atoms. The number of carbonyl (C=O) groups is 1. The molecule has 0 fully saturated rings. The van der Waals surface area contributed by atoms with E-state index in [1.54, 1.807) is 0 Å². The minimum absolute atomic E-state index is 0.246. The van der Waals surface area contributed by atoms with Crippen LogP contribution < -0.4 is 5.73 Å². The molecule has 1 aliphatic heterocycles. The lowest BCUT2D eigenvalue weighted by molar-refractivity contribution is -0.139. The van der Waals surface area contributed by atoms with Crippen LogP contribution in [-0.4, -0.2) is 27.6 Å². The van der Waals surface area contributed by atoms with Gasteiger partial charge in [0.15, 0.2) is 5.82 Å². The van der Waals surface area contributed by atoms with Crippen LogP contribution in [0.15, 0.2) is 30.6 Å². The first kappa shape index (κ1) is 17.9. The number of nitrogens with zero attached hydrogens (tertiary/aromatic N) is 3. The summed E-state index contributed by atoms with van der Waals surface area (Å²) in [5.41, 5.74) is 11.6. The highest BCUT2D eigenvalue weighted by molar-refractivity contribution is 5.91. The minimum Gasteiger partial charge on any atom is -0.469 e. The molecule has 2 aromatic heterocycles. The SMILES string of the molecule is CC.COC(=O)Cc1ccc(-n2c3c(c4ncnc(N)c42)COC3)cc1. The smallest absolute Gasteiger partial charge is 0.309 e. The van der Waals surface area contributed by atoms with Crippen LogP contribution in [0.5, 0.6) is 0 Å². The third-order valence-corrected chi connectivity index (χ3v) is 4.23. The molecular weight excluding hydrogens is 332 g/mol. The fourth-order valence-electron chi connectivity index (χ4n) is 3.08. The fraction of sp³-hybridized carbons (Fsp3) is 0.316. The van der Waals surface area contributed by atoms with E-state index in [1.165, 1.54) is 13.4 Å². The molecule has 7 nitrogen and oxygen atoms in total. The van der Waals surface area contributed by atoms with Crippen molar-refractivity contribution in [2.75, 3.05) is 12.8 Å². The first-order valence-corrected chi connectivity index (χ1v) is 8.55. The fourth-order valence-corrected chi connectivity index (χ4v) is 3.08. The van der Waals surface area contributed by atoms with Gasteiger partial charge in [0.05, 0.1) is 32.4 Å². The Hall–Kier alpha value is -2.93. The molecule has 1 aliphatic rings. The van der Waals surface area contributed by atoms with Gasteiger partial charge in [-0.15, -0.1) is 0 Å². The molecule has 7 heteroatoms. The van der Waals surface area contributed by atoms with Crippen molar-refractivity contribution in [3.05, 3.63) is 47.4 Å². The Morgan fingerprint density at radius 2 is 1.96 bits per heavy atom. The Balaban J connectivity index is 0.000000948. The zero-order chi connectivity index (χ0) is 18.7. The molecule has 26 heavy (non-hydrogen) atoms. The van der Waals surface area contributed by atoms with Crippen molar-refractivity contribution in [1.82, 2.24) is 14.5 Å². The molecule has 4 rings (SSSR count). The van der Waals surface area contributed by atoms with E-state index in [-0.39, 0.29) is 12.4 Å². The standard InChI is InChI=1S/C17H16N4O3.C2H6/c1-23-14(22)6-10-2-4-11(5-3-10)21-13-8-24-7-12(13)15-16(21)17(18)20-9-19-15;1-2/h2-5,9H,6-8H2,1H3,(H2,18,19,20);1-2H3. The topological polar surface area (TPSA) is 92.3 Å². The molecule has 0 saturated heterocycles. The maximum absolute atomic E-state index is 11.4. The lowest BCUT2D eigenvalue weighted by Gasteiger charge is -2.11. The summed E-state index contributed by atoms with van der Waals surface area (Å²) in [5.74, 6) is 0.175. The molecule has 1 aromatic carbocycles. The van der Waals surface area contributed by atoms with Crippen molar-refractivity contribution in [3.63, 3.8) is 0 Å². The maximum Gasteiger partial charge on any atom is 0.309 e. The van der Waals surface area contributed by atoms with E-state index < -0.39 is 0 Å². The number of ether oxygens (including phenoxy) is 2. The number of aromatic nitrogens is 3. The summed E-state index contributed by atoms with van der Waals surface area (Å²) in [6.07, 6.45) is 1.72. The van der Waals surface area contributed by atoms with Crippen LogP contribution in [0.2, 0.25) is 0 Å². The molecule has 0 saturated carbocycles. The van der Waals surface area contributed by atoms with Gasteiger partial charge in [0, 0.05) is 11.3 Å². The van der Waals surface area contributed by atoms with Gasteiger partial charge in [-0.05, 0) is 17.7 Å². The number of nitrogen functional groups attached to an aromatic ring is 1. The Labute approximate surface area is 151 Å². The number of anilines is 1. The van der Waals surface area contributed by atoms with E-state index in [9.17, 15) is 4.79 Å². The highest BCUT2D eigenvalue weighted by Gasteiger charge is 2.25. The monoisotopic (exact) mass is 354 g/mol. The Morgan fingerprint density at radius 1 is 1.23 bits per heavy atom. The third-order valence-electron chi connectivity index (χ3n) is 4.23. The second kappa shape index (κ2) is 7.53. The average molecular weight is 354 g/mol. The third kappa shape index (κ3) is 3.01. The van der Waals surface area contributed by atoms with Gasteiger partial charge in [-0.3, -0.25) is 4.79 Å². The van der Waals surface area contributed by atoms with Crippen LogP contribution in [0.3, 0.4) is 0 Å². The van der Waals surface area contributed by atoms with E-state index in [2.05, 4.69) is 9.97 Å². The molecule has 0 unspecified atom stereocenters. The van der Waals surface area contributed by atoms with Crippen LogP contribution in [0.1, 0.15) is 30.7 Å². The molecular formula is C19H22N4O3. The molecule has 2 N–H and O–H groups in total. The lowest BCUT2D eigenvalue weighted by Crippen LogP contribution is -2.05. The van der Waals surface area contributed by atoms with Gasteiger partial charge in [-0.1, -0.05) is 26.0 Å². The van der Waals surface area contributed by atoms with E-state index in [0.717, 1.165) is 33.5 Å². The molecule has 3 heterocycles. The van der Waals surface area contributed by atoms with Gasteiger partial charge < -0.3 is 19.8 Å². The first-order chi connectivity index (χ1) is 12.7. The van der Waals surface area contributed by atoms with Gasteiger partial charge in [0.25, 0.3) is 0 Å². The van der Waals surface area contributed by atoms with Crippen molar-refractivity contribution >= 4 is 22.8 Å². The second-order valence-electron chi connectivity index (χ2n) is 5.63. The molecule has 0 atom stereocenters. The highest BCUT2D eigenvalue weighted by Crippen LogP contribution is 2.35. The predicted octanol–water partition coefficient (Wildman–Crippen LogP) is 2.77. The van der Waals surface area contributed by atoms with E-state index in [0.29, 0.717) is 19.0 Å². The number of carbonyl (C=O) groups excluding carboxylic acids is 1. The largest absolute Gasteiger partial charge is 0.469 e. The maximum atomic E-state index is 11.4. The summed E-state index contributed by atoms with van der Waals surface area (Å²) in [4.78, 5) is 19.9. The predicted molar refractivity (Wildman–Crippen MR) is 98.8 cm³/mol. The van der Waals surface area contributed by atoms with Crippen LogP contribution >= 0.6 is 0 Å². The molecule has 0 radical (unpaired) electrons. The number of hydrogen-bond acceptors (Lipinski definition) is 6. The van der Waals surface area contributed by atoms with Gasteiger partial charge in [-0.2, -0.15) is 0 Å².